The number of likely N-dealkylation sites (tertiary alicyclic amines) is 2. The zero-order valence-electron chi connectivity index (χ0n) is 13.2. The van der Waals surface area contributed by atoms with E-state index in [1.807, 2.05) is 24.3 Å². The lowest BCUT2D eigenvalue weighted by molar-refractivity contribution is -0.146. The molecule has 6 heteroatoms. The van der Waals surface area contributed by atoms with Gasteiger partial charge in [0.05, 0.1) is 11.5 Å². The van der Waals surface area contributed by atoms with E-state index in [0.29, 0.717) is 12.8 Å². The molecule has 1 atom stereocenters. The normalized spacial score (nSPS) is 24.3. The lowest BCUT2D eigenvalue weighted by Crippen LogP contribution is -2.55. The van der Waals surface area contributed by atoms with Gasteiger partial charge in [-0.1, -0.05) is 29.8 Å². The number of benzene rings is 1. The number of carboxylic acids is 1. The van der Waals surface area contributed by atoms with Gasteiger partial charge < -0.3 is 10.0 Å². The van der Waals surface area contributed by atoms with E-state index in [1.54, 1.807) is 11.9 Å². The molecule has 2 heterocycles. The monoisotopic (exact) mass is 336 g/mol. The van der Waals surface area contributed by atoms with Gasteiger partial charge in [0, 0.05) is 38.1 Å². The first-order chi connectivity index (χ1) is 10.9. The number of carboxylic acid groups (broad SMARTS) is 1. The number of carbonyl (C=O) groups excluding carboxylic acids is 1. The zero-order chi connectivity index (χ0) is 16.6. The van der Waals surface area contributed by atoms with Crippen LogP contribution in [0.2, 0.25) is 5.02 Å². The van der Waals surface area contributed by atoms with Crippen molar-refractivity contribution in [3.05, 3.63) is 34.9 Å². The molecule has 1 aromatic carbocycles. The van der Waals surface area contributed by atoms with Crippen molar-refractivity contribution in [2.24, 2.45) is 5.92 Å². The van der Waals surface area contributed by atoms with Gasteiger partial charge in [-0.3, -0.25) is 14.5 Å². The van der Waals surface area contributed by atoms with E-state index in [9.17, 15) is 14.7 Å². The quantitative estimate of drug-likeness (QED) is 0.919. The van der Waals surface area contributed by atoms with Crippen LogP contribution in [-0.2, 0) is 16.1 Å². The average Bonchev–Trinajstić information content (AvgIpc) is 2.77. The van der Waals surface area contributed by atoms with Gasteiger partial charge in [0.25, 0.3) is 0 Å². The van der Waals surface area contributed by atoms with E-state index in [1.165, 1.54) is 0 Å². The van der Waals surface area contributed by atoms with Crippen LogP contribution in [0.25, 0.3) is 0 Å². The lowest BCUT2D eigenvalue weighted by Gasteiger charge is -2.45. The summed E-state index contributed by atoms with van der Waals surface area (Å²) in [6, 6.07) is 7.77. The Hall–Kier alpha value is -1.59. The fourth-order valence-corrected chi connectivity index (χ4v) is 4.15. The summed E-state index contributed by atoms with van der Waals surface area (Å²) in [6.07, 6.45) is 1.50. The van der Waals surface area contributed by atoms with Gasteiger partial charge in [0.1, 0.15) is 0 Å². The van der Waals surface area contributed by atoms with Crippen LogP contribution in [0.3, 0.4) is 0 Å². The van der Waals surface area contributed by atoms with Gasteiger partial charge >= 0.3 is 5.97 Å². The number of halogens is 1. The maximum atomic E-state index is 12.0. The smallest absolute Gasteiger partial charge is 0.309 e. The highest BCUT2D eigenvalue weighted by Crippen LogP contribution is 2.43. The Morgan fingerprint density at radius 1 is 1.35 bits per heavy atom. The van der Waals surface area contributed by atoms with Gasteiger partial charge in [-0.05, 0) is 24.5 Å². The molecule has 0 radical (unpaired) electrons. The van der Waals surface area contributed by atoms with Gasteiger partial charge in [-0.25, -0.2) is 0 Å². The van der Waals surface area contributed by atoms with Crippen molar-refractivity contribution in [3.63, 3.8) is 0 Å². The van der Waals surface area contributed by atoms with E-state index in [4.69, 9.17) is 11.6 Å². The van der Waals surface area contributed by atoms with Crippen LogP contribution in [0, 0.1) is 5.92 Å². The Bertz CT molecular complexity index is 626. The summed E-state index contributed by atoms with van der Waals surface area (Å²) in [7, 11) is 1.75. The maximum absolute atomic E-state index is 12.0. The molecule has 1 spiro atoms. The first-order valence-corrected chi connectivity index (χ1v) is 8.27. The van der Waals surface area contributed by atoms with E-state index in [2.05, 4.69) is 4.90 Å². The van der Waals surface area contributed by atoms with E-state index >= 15 is 0 Å². The molecule has 1 aromatic rings. The largest absolute Gasteiger partial charge is 0.481 e. The van der Waals surface area contributed by atoms with Gasteiger partial charge in [-0.2, -0.15) is 0 Å². The molecule has 5 nitrogen and oxygen atoms in total. The van der Waals surface area contributed by atoms with Crippen LogP contribution >= 0.6 is 11.6 Å². The van der Waals surface area contributed by atoms with Gasteiger partial charge in [0.15, 0.2) is 0 Å². The van der Waals surface area contributed by atoms with Crippen molar-refractivity contribution in [1.29, 1.82) is 0 Å². The van der Waals surface area contributed by atoms with Crippen LogP contribution in [0.15, 0.2) is 24.3 Å². The summed E-state index contributed by atoms with van der Waals surface area (Å²) in [4.78, 5) is 27.5. The minimum Gasteiger partial charge on any atom is -0.481 e. The second-order valence-electron chi connectivity index (χ2n) is 6.52. The first-order valence-electron chi connectivity index (χ1n) is 7.89. The molecular formula is C17H21ClN2O3. The van der Waals surface area contributed by atoms with E-state index in [-0.39, 0.29) is 12.3 Å². The Balaban J connectivity index is 1.71. The summed E-state index contributed by atoms with van der Waals surface area (Å²) in [5, 5.41) is 10.2. The number of aliphatic carboxylic acids is 1. The standard InChI is InChI=1S/C17H21ClN2O3/c1-19-15(21)10-13(16(22)23)17(19)6-8-20(9-7-17)11-12-4-2-3-5-14(12)18/h2-5,13H,6-11H2,1H3,(H,22,23)/t13-/m0/s1. The molecular weight excluding hydrogens is 316 g/mol. The zero-order valence-corrected chi connectivity index (χ0v) is 13.9. The second kappa shape index (κ2) is 6.13. The van der Waals surface area contributed by atoms with Crippen molar-refractivity contribution < 1.29 is 14.7 Å². The third kappa shape index (κ3) is 2.83. The van der Waals surface area contributed by atoms with Crippen molar-refractivity contribution in [2.45, 2.75) is 31.3 Å². The molecule has 0 bridgehead atoms. The van der Waals surface area contributed by atoms with E-state index < -0.39 is 17.4 Å². The number of nitrogens with zero attached hydrogens (tertiary/aromatic N) is 2. The Morgan fingerprint density at radius 2 is 2.00 bits per heavy atom. The van der Waals surface area contributed by atoms with Gasteiger partial charge in [-0.15, -0.1) is 0 Å². The lowest BCUT2D eigenvalue weighted by atomic mass is 9.77. The molecule has 0 unspecified atom stereocenters. The molecule has 2 aliphatic heterocycles. The van der Waals surface area contributed by atoms with Crippen LogP contribution in [-0.4, -0.2) is 52.5 Å². The summed E-state index contributed by atoms with van der Waals surface area (Å²) in [5.74, 6) is -1.51. The number of carbonyl (C=O) groups is 2. The average molecular weight is 337 g/mol. The molecule has 3 rings (SSSR count). The maximum Gasteiger partial charge on any atom is 0.309 e. The number of piperidine rings is 1. The number of hydrogen-bond donors (Lipinski definition) is 1. The molecule has 2 saturated heterocycles. The molecule has 1 amide bonds. The van der Waals surface area contributed by atoms with Crippen LogP contribution in [0.4, 0.5) is 0 Å². The third-order valence-electron chi connectivity index (χ3n) is 5.44. The van der Waals surface area contributed by atoms with Crippen LogP contribution in [0.1, 0.15) is 24.8 Å². The van der Waals surface area contributed by atoms with Crippen molar-refractivity contribution >= 4 is 23.5 Å². The Labute approximate surface area is 140 Å². The predicted octanol–water partition coefficient (Wildman–Crippen LogP) is 2.24. The molecule has 2 aliphatic rings. The highest BCUT2D eigenvalue weighted by atomic mass is 35.5. The van der Waals surface area contributed by atoms with E-state index in [0.717, 1.165) is 30.2 Å². The number of rotatable bonds is 3. The molecule has 0 saturated carbocycles. The summed E-state index contributed by atoms with van der Waals surface area (Å²) >= 11 is 6.21. The molecule has 124 valence electrons. The second-order valence-corrected chi connectivity index (χ2v) is 6.93. The van der Waals surface area contributed by atoms with Crippen molar-refractivity contribution in [2.75, 3.05) is 20.1 Å². The molecule has 0 aromatic heterocycles. The van der Waals surface area contributed by atoms with Crippen molar-refractivity contribution in [3.8, 4) is 0 Å². The Morgan fingerprint density at radius 3 is 2.61 bits per heavy atom. The van der Waals surface area contributed by atoms with Crippen LogP contribution in [0.5, 0.6) is 0 Å². The topological polar surface area (TPSA) is 60.9 Å². The fourth-order valence-electron chi connectivity index (χ4n) is 3.95. The fraction of sp³-hybridized carbons (Fsp3) is 0.529. The summed E-state index contributed by atoms with van der Waals surface area (Å²) < 4.78 is 0. The van der Waals surface area contributed by atoms with Gasteiger partial charge in [0.2, 0.25) is 5.91 Å². The van der Waals surface area contributed by atoms with Crippen LogP contribution < -0.4 is 0 Å². The Kier molecular flexibility index (Phi) is 4.34. The molecule has 0 aliphatic carbocycles. The SMILES string of the molecule is CN1C(=O)C[C@@H](C(=O)O)C12CCN(Cc1ccccc1Cl)CC2. The minimum absolute atomic E-state index is 0.0584. The third-order valence-corrected chi connectivity index (χ3v) is 5.81. The molecule has 2 fully saturated rings. The summed E-state index contributed by atoms with van der Waals surface area (Å²) in [5.41, 5.74) is 0.552. The number of amides is 1. The summed E-state index contributed by atoms with van der Waals surface area (Å²) in [6.45, 7) is 2.30. The van der Waals surface area contributed by atoms with Crippen molar-refractivity contribution in [1.82, 2.24) is 9.80 Å². The molecule has 1 N–H and O–H groups in total. The highest BCUT2D eigenvalue weighted by Gasteiger charge is 2.55. The minimum atomic E-state index is -0.859. The molecule has 23 heavy (non-hydrogen) atoms. The predicted molar refractivity (Wildman–Crippen MR) is 87.2 cm³/mol. The number of hydrogen-bond acceptors (Lipinski definition) is 3. The highest BCUT2D eigenvalue weighted by molar-refractivity contribution is 6.31. The first kappa shape index (κ1) is 16.3.